The van der Waals surface area contributed by atoms with Gasteiger partial charge in [-0.1, -0.05) is 6.07 Å². The van der Waals surface area contributed by atoms with Crippen molar-refractivity contribution in [3.63, 3.8) is 0 Å². The van der Waals surface area contributed by atoms with E-state index >= 15 is 4.39 Å². The molecule has 1 fully saturated rings. The van der Waals surface area contributed by atoms with Crippen molar-refractivity contribution in [3.8, 4) is 11.5 Å². The molecule has 2 heterocycles. The molecule has 1 N–H and O–H groups in total. The number of hydrogen-bond donors (Lipinski definition) is 1. The molecule has 9 nitrogen and oxygen atoms in total. The van der Waals surface area contributed by atoms with E-state index in [0.29, 0.717) is 41.3 Å². The predicted octanol–water partition coefficient (Wildman–Crippen LogP) is 6.02. The van der Waals surface area contributed by atoms with E-state index < -0.39 is 58.9 Å². The number of halogens is 7. The second-order valence-corrected chi connectivity index (χ2v) is 11.0. The summed E-state index contributed by atoms with van der Waals surface area (Å²) in [6.07, 6.45) is -7.80. The van der Waals surface area contributed by atoms with Crippen LogP contribution in [0.5, 0.6) is 11.5 Å². The van der Waals surface area contributed by atoms with Crippen LogP contribution in [0.4, 0.5) is 36.4 Å². The minimum Gasteiger partial charge on any atom is -0.492 e. The summed E-state index contributed by atoms with van der Waals surface area (Å²) >= 11 is 0. The zero-order valence-corrected chi connectivity index (χ0v) is 25.6. The Morgan fingerprint density at radius 3 is 2.45 bits per heavy atom. The smallest absolute Gasteiger partial charge is 0.492 e. The third kappa shape index (κ3) is 8.65. The Kier molecular flexibility index (Phi) is 10.6. The number of pyridine rings is 1. The number of nitrogens with zero attached hydrogens (tertiary/aromatic N) is 2. The lowest BCUT2D eigenvalue weighted by Gasteiger charge is -2.35. The number of aryl methyl sites for hydroxylation is 1. The first-order valence-electron chi connectivity index (χ1n) is 14.6. The van der Waals surface area contributed by atoms with Crippen LogP contribution in [0, 0.1) is 18.7 Å². The Morgan fingerprint density at radius 2 is 1.83 bits per heavy atom. The van der Waals surface area contributed by atoms with E-state index in [1.807, 2.05) is 0 Å². The number of fused-ring (bicyclic) bond motifs is 1. The lowest BCUT2D eigenvalue weighted by Crippen LogP contribution is -2.37. The summed E-state index contributed by atoms with van der Waals surface area (Å²) < 4.78 is 110. The van der Waals surface area contributed by atoms with E-state index in [2.05, 4.69) is 10.1 Å². The van der Waals surface area contributed by atoms with Crippen LogP contribution in [0.1, 0.15) is 47.7 Å². The number of alkyl halides is 6. The summed E-state index contributed by atoms with van der Waals surface area (Å²) in [5.74, 6) is -3.58. The average Bonchev–Trinajstić information content (AvgIpc) is 2.96. The monoisotopic (exact) mass is 675 g/mol. The number of benzene rings is 2. The molecule has 1 aliphatic rings. The number of anilines is 1. The van der Waals surface area contributed by atoms with Crippen LogP contribution in [0.2, 0.25) is 0 Å². The fraction of sp³-hybridized carbons (Fsp3) is 0.452. The molecule has 4 rings (SSSR count). The van der Waals surface area contributed by atoms with Crippen molar-refractivity contribution in [2.24, 2.45) is 5.92 Å². The number of piperidine rings is 1. The number of nitrogens with one attached hydrogen (secondary N) is 1. The molecule has 1 amide bonds. The number of methoxy groups -OCH3 is 1. The van der Waals surface area contributed by atoms with E-state index in [-0.39, 0.29) is 49.0 Å². The van der Waals surface area contributed by atoms with E-state index in [4.69, 9.17) is 9.47 Å². The van der Waals surface area contributed by atoms with E-state index in [1.54, 1.807) is 11.8 Å². The standard InChI is InChI=1S/C31H32F7N3O6/c1-4-46-24(42)11-18-6-5-9-40(14-18)26-23(32)12-21-25(28(26)45-3)41(16-30(33,34)35)15-22(27(21)43)29(44)39-13-19-7-8-20(10-17(19)2)47-31(36,37)38/h7-8,10,12,15,18H,4-6,9,11,13-14,16H2,1-3H3,(H,39,44). The molecule has 256 valence electrons. The highest BCUT2D eigenvalue weighted by atomic mass is 19.4. The summed E-state index contributed by atoms with van der Waals surface area (Å²) in [6.45, 7) is 1.81. The van der Waals surface area contributed by atoms with Crippen molar-refractivity contribution in [1.82, 2.24) is 9.88 Å². The summed E-state index contributed by atoms with van der Waals surface area (Å²) in [7, 11) is 1.12. The number of rotatable bonds is 10. The molecule has 2 aromatic carbocycles. The first-order chi connectivity index (χ1) is 22.0. The number of esters is 1. The van der Waals surface area contributed by atoms with Crippen LogP contribution in [-0.4, -0.2) is 55.8 Å². The molecule has 1 aromatic heterocycles. The molecule has 47 heavy (non-hydrogen) atoms. The zero-order valence-electron chi connectivity index (χ0n) is 25.6. The fourth-order valence-electron chi connectivity index (χ4n) is 5.68. The number of carbonyl (C=O) groups is 2. The fourth-order valence-corrected chi connectivity index (χ4v) is 5.68. The molecule has 0 aliphatic carbocycles. The van der Waals surface area contributed by atoms with Gasteiger partial charge in [0.1, 0.15) is 23.5 Å². The highest BCUT2D eigenvalue weighted by Gasteiger charge is 2.34. The first-order valence-corrected chi connectivity index (χ1v) is 14.6. The Balaban J connectivity index is 1.72. The van der Waals surface area contributed by atoms with Crippen molar-refractivity contribution >= 4 is 28.5 Å². The van der Waals surface area contributed by atoms with Crippen molar-refractivity contribution < 1.29 is 54.5 Å². The van der Waals surface area contributed by atoms with Crippen LogP contribution in [0.3, 0.4) is 0 Å². The van der Waals surface area contributed by atoms with Crippen LogP contribution in [0.15, 0.2) is 35.3 Å². The quantitative estimate of drug-likeness (QED) is 0.208. The molecule has 0 spiro atoms. The second-order valence-electron chi connectivity index (χ2n) is 11.0. The second kappa shape index (κ2) is 14.1. The number of aromatic nitrogens is 1. The number of carbonyl (C=O) groups excluding carboxylic acids is 2. The van der Waals surface area contributed by atoms with Crippen molar-refractivity contribution in [1.29, 1.82) is 0 Å². The topological polar surface area (TPSA) is 99.1 Å². The maximum absolute atomic E-state index is 15.8. The lowest BCUT2D eigenvalue weighted by molar-refractivity contribution is -0.274. The molecule has 16 heteroatoms. The van der Waals surface area contributed by atoms with Gasteiger partial charge in [-0.15, -0.1) is 13.2 Å². The Bertz CT molecular complexity index is 1700. The normalized spacial score (nSPS) is 15.4. The van der Waals surface area contributed by atoms with Gasteiger partial charge in [0.2, 0.25) is 5.43 Å². The predicted molar refractivity (Wildman–Crippen MR) is 156 cm³/mol. The molecule has 0 bridgehead atoms. The van der Waals surface area contributed by atoms with Gasteiger partial charge in [0.15, 0.2) is 11.6 Å². The number of ether oxygens (including phenoxy) is 3. The van der Waals surface area contributed by atoms with Crippen LogP contribution in [0.25, 0.3) is 10.9 Å². The third-order valence-corrected chi connectivity index (χ3v) is 7.63. The molecule has 1 atom stereocenters. The van der Waals surface area contributed by atoms with Gasteiger partial charge in [-0.3, -0.25) is 14.4 Å². The van der Waals surface area contributed by atoms with Crippen molar-refractivity contribution in [2.75, 3.05) is 31.7 Å². The highest BCUT2D eigenvalue weighted by Crippen LogP contribution is 2.41. The molecule has 1 aliphatic heterocycles. The molecule has 0 saturated carbocycles. The van der Waals surface area contributed by atoms with Crippen molar-refractivity contribution in [3.05, 3.63) is 63.2 Å². The molecule has 0 radical (unpaired) electrons. The highest BCUT2D eigenvalue weighted by molar-refractivity contribution is 5.99. The van der Waals surface area contributed by atoms with Crippen molar-refractivity contribution in [2.45, 2.75) is 58.7 Å². The van der Waals surface area contributed by atoms with E-state index in [1.165, 1.54) is 13.0 Å². The minimum atomic E-state index is -4.92. The molecule has 3 aromatic rings. The maximum Gasteiger partial charge on any atom is 0.573 e. The lowest BCUT2D eigenvalue weighted by atomic mass is 9.94. The van der Waals surface area contributed by atoms with Crippen LogP contribution < -0.4 is 25.1 Å². The van der Waals surface area contributed by atoms with Gasteiger partial charge >= 0.3 is 18.5 Å². The SMILES string of the molecule is CCOC(=O)CC1CCCN(c2c(F)cc3c(=O)c(C(=O)NCc4ccc(OC(F)(F)F)cc4C)cn(CC(F)(F)F)c3c2OC)C1. The van der Waals surface area contributed by atoms with Gasteiger partial charge in [0, 0.05) is 25.8 Å². The number of hydrogen-bond acceptors (Lipinski definition) is 7. The van der Waals surface area contributed by atoms with E-state index in [9.17, 15) is 40.7 Å². The Labute approximate surface area is 264 Å². The molecule has 1 saturated heterocycles. The Hall–Kier alpha value is -4.50. The van der Waals surface area contributed by atoms with Gasteiger partial charge in [0.05, 0.1) is 31.0 Å². The number of amides is 1. The zero-order chi connectivity index (χ0) is 34.7. The summed E-state index contributed by atoms with van der Waals surface area (Å²) in [6, 6.07) is 4.11. The average molecular weight is 676 g/mol. The molecular weight excluding hydrogens is 643 g/mol. The summed E-state index contributed by atoms with van der Waals surface area (Å²) in [5, 5.41) is 1.85. The first kappa shape index (κ1) is 35.4. The largest absolute Gasteiger partial charge is 0.573 e. The van der Waals surface area contributed by atoms with E-state index in [0.717, 1.165) is 25.3 Å². The maximum atomic E-state index is 15.8. The molecular formula is C31H32F7N3O6. The van der Waals surface area contributed by atoms with Gasteiger partial charge in [-0.2, -0.15) is 13.2 Å². The molecule has 1 unspecified atom stereocenters. The van der Waals surface area contributed by atoms with Crippen LogP contribution in [-0.2, 0) is 22.6 Å². The van der Waals surface area contributed by atoms with Gasteiger partial charge < -0.3 is 29.0 Å². The summed E-state index contributed by atoms with van der Waals surface area (Å²) in [5.41, 5.74) is -1.73. The van der Waals surface area contributed by atoms with Gasteiger partial charge in [-0.25, -0.2) is 4.39 Å². The van der Waals surface area contributed by atoms with Gasteiger partial charge in [0.25, 0.3) is 5.91 Å². The third-order valence-electron chi connectivity index (χ3n) is 7.63. The van der Waals surface area contributed by atoms with Crippen LogP contribution >= 0.6 is 0 Å². The minimum absolute atomic E-state index is 0.0596. The Morgan fingerprint density at radius 1 is 1.11 bits per heavy atom. The summed E-state index contributed by atoms with van der Waals surface area (Å²) in [4.78, 5) is 40.3. The van der Waals surface area contributed by atoms with Gasteiger partial charge in [-0.05, 0) is 61.9 Å².